The summed E-state index contributed by atoms with van der Waals surface area (Å²) in [5, 5.41) is 3.61. The molecule has 178 valence electrons. The van der Waals surface area contributed by atoms with Gasteiger partial charge in [-0.3, -0.25) is 0 Å². The highest BCUT2D eigenvalue weighted by atomic mass is 35.5. The minimum Gasteiger partial charge on any atom is -0.497 e. The van der Waals surface area contributed by atoms with Gasteiger partial charge in [0.2, 0.25) is 0 Å². The van der Waals surface area contributed by atoms with Crippen LogP contribution in [-0.4, -0.2) is 38.3 Å². The third-order valence-corrected chi connectivity index (χ3v) is 5.89. The molecule has 0 bridgehead atoms. The van der Waals surface area contributed by atoms with Gasteiger partial charge in [0, 0.05) is 16.7 Å². The lowest BCUT2D eigenvalue weighted by molar-refractivity contribution is 0.107. The molecule has 0 fully saturated rings. The number of fused-ring (bicyclic) bond motifs is 1. The van der Waals surface area contributed by atoms with Crippen molar-refractivity contribution in [3.8, 4) is 17.2 Å². The molecule has 0 saturated heterocycles. The van der Waals surface area contributed by atoms with Crippen molar-refractivity contribution in [3.05, 3.63) is 82.4 Å². The highest BCUT2D eigenvalue weighted by molar-refractivity contribution is 6.31. The van der Waals surface area contributed by atoms with E-state index in [-0.39, 0.29) is 6.03 Å². The zero-order chi connectivity index (χ0) is 23.9. The smallest absolute Gasteiger partial charge is 0.322 e. The number of carbonyl (C=O) groups excluding carboxylic acids is 1. The Bertz CT molecular complexity index is 1150. The van der Waals surface area contributed by atoms with Crippen LogP contribution in [0.3, 0.4) is 0 Å². The van der Waals surface area contributed by atoms with Crippen LogP contribution in [0.25, 0.3) is 0 Å². The summed E-state index contributed by atoms with van der Waals surface area (Å²) in [7, 11) is 3.13. The molecule has 0 saturated carbocycles. The Hall–Kier alpha value is -3.42. The van der Waals surface area contributed by atoms with E-state index in [4.69, 9.17) is 30.5 Å². The predicted molar refractivity (Wildman–Crippen MR) is 131 cm³/mol. The largest absolute Gasteiger partial charge is 0.497 e. The third kappa shape index (κ3) is 5.73. The Kier molecular flexibility index (Phi) is 7.77. The number of amides is 2. The van der Waals surface area contributed by atoms with Crippen molar-refractivity contribution in [3.63, 3.8) is 0 Å². The van der Waals surface area contributed by atoms with Gasteiger partial charge in [-0.05, 0) is 41.5 Å². The van der Waals surface area contributed by atoms with Crippen molar-refractivity contribution in [2.24, 2.45) is 0 Å². The molecule has 0 spiro atoms. The van der Waals surface area contributed by atoms with Crippen LogP contribution in [-0.2, 0) is 24.5 Å². The summed E-state index contributed by atoms with van der Waals surface area (Å²) in [5.74, 6) is 1.95. The number of nitrogens with zero attached hydrogens (tertiary/aromatic N) is 1. The summed E-state index contributed by atoms with van der Waals surface area (Å²) in [5.41, 5.74) is 3.40. The standard InChI is InChI=1S/C26H27ClN2O5/c1-31-21-8-10-25(32-2)23(14-21)28-26(30)29-11-12-34-24-9-7-18(13-20(24)15-29)16-33-17-19-5-3-4-6-22(19)27/h3-10,13-14H,11-12,15-17H2,1-2H3,(H,28,30). The Morgan fingerprint density at radius 3 is 2.71 bits per heavy atom. The summed E-state index contributed by atoms with van der Waals surface area (Å²) in [6.45, 7) is 2.10. The molecule has 8 heteroatoms. The average Bonchev–Trinajstić information content (AvgIpc) is 3.07. The number of hydrogen-bond acceptors (Lipinski definition) is 5. The topological polar surface area (TPSA) is 69.3 Å². The number of hydrogen-bond donors (Lipinski definition) is 1. The molecule has 3 aromatic carbocycles. The van der Waals surface area contributed by atoms with Gasteiger partial charge in [0.25, 0.3) is 0 Å². The van der Waals surface area contributed by atoms with Crippen molar-refractivity contribution in [2.45, 2.75) is 19.8 Å². The summed E-state index contributed by atoms with van der Waals surface area (Å²) in [6, 6.07) is 18.6. The van der Waals surface area contributed by atoms with Gasteiger partial charge in [-0.1, -0.05) is 35.9 Å². The first-order valence-electron chi connectivity index (χ1n) is 10.9. The molecule has 1 N–H and O–H groups in total. The summed E-state index contributed by atoms with van der Waals surface area (Å²) >= 11 is 6.20. The number of carbonyl (C=O) groups is 1. The monoisotopic (exact) mass is 482 g/mol. The number of benzene rings is 3. The minimum absolute atomic E-state index is 0.247. The van der Waals surface area contributed by atoms with Crippen molar-refractivity contribution < 1.29 is 23.7 Å². The van der Waals surface area contributed by atoms with Crippen LogP contribution in [0.5, 0.6) is 17.2 Å². The molecule has 1 aliphatic rings. The van der Waals surface area contributed by atoms with Crippen LogP contribution in [0.4, 0.5) is 10.5 Å². The van der Waals surface area contributed by atoms with Crippen molar-refractivity contribution in [1.29, 1.82) is 0 Å². The number of urea groups is 1. The van der Waals surface area contributed by atoms with Gasteiger partial charge in [-0.15, -0.1) is 0 Å². The first-order valence-corrected chi connectivity index (χ1v) is 11.3. The lowest BCUT2D eigenvalue weighted by Crippen LogP contribution is -2.36. The Morgan fingerprint density at radius 1 is 1.06 bits per heavy atom. The van der Waals surface area contributed by atoms with Crippen LogP contribution in [0.1, 0.15) is 16.7 Å². The van der Waals surface area contributed by atoms with Crippen LogP contribution in [0.2, 0.25) is 5.02 Å². The second kappa shape index (κ2) is 11.1. The zero-order valence-electron chi connectivity index (χ0n) is 19.2. The summed E-state index contributed by atoms with van der Waals surface area (Å²) in [4.78, 5) is 14.8. The molecule has 34 heavy (non-hydrogen) atoms. The molecule has 0 aromatic heterocycles. The average molecular weight is 483 g/mol. The fraction of sp³-hybridized carbons (Fsp3) is 0.269. The van der Waals surface area contributed by atoms with E-state index in [1.54, 1.807) is 37.3 Å². The van der Waals surface area contributed by atoms with Crippen molar-refractivity contribution >= 4 is 23.3 Å². The van der Waals surface area contributed by atoms with Crippen LogP contribution in [0, 0.1) is 0 Å². The number of ether oxygens (including phenoxy) is 4. The van der Waals surface area contributed by atoms with Gasteiger partial charge < -0.3 is 29.2 Å². The molecule has 1 heterocycles. The van der Waals surface area contributed by atoms with E-state index in [1.807, 2.05) is 42.5 Å². The van der Waals surface area contributed by atoms with E-state index in [2.05, 4.69) is 5.32 Å². The maximum atomic E-state index is 13.1. The quantitative estimate of drug-likeness (QED) is 0.481. The van der Waals surface area contributed by atoms with Crippen LogP contribution in [0.15, 0.2) is 60.7 Å². The number of anilines is 1. The van der Waals surface area contributed by atoms with Gasteiger partial charge in [0.15, 0.2) is 0 Å². The van der Waals surface area contributed by atoms with Gasteiger partial charge in [0.05, 0.1) is 46.2 Å². The summed E-state index contributed by atoms with van der Waals surface area (Å²) in [6.07, 6.45) is 0. The van der Waals surface area contributed by atoms with Gasteiger partial charge >= 0.3 is 6.03 Å². The van der Waals surface area contributed by atoms with Crippen molar-refractivity contribution in [1.82, 2.24) is 4.90 Å². The fourth-order valence-electron chi connectivity index (χ4n) is 3.71. The molecule has 0 radical (unpaired) electrons. The third-order valence-electron chi connectivity index (χ3n) is 5.52. The summed E-state index contributed by atoms with van der Waals surface area (Å²) < 4.78 is 22.4. The first-order chi connectivity index (χ1) is 16.6. The highest BCUT2D eigenvalue weighted by Crippen LogP contribution is 2.30. The normalized spacial score (nSPS) is 12.9. The predicted octanol–water partition coefficient (Wildman–Crippen LogP) is 5.50. The van der Waals surface area contributed by atoms with E-state index in [1.165, 1.54) is 0 Å². The van der Waals surface area contributed by atoms with Gasteiger partial charge in [-0.2, -0.15) is 0 Å². The maximum Gasteiger partial charge on any atom is 0.322 e. The Balaban J connectivity index is 1.43. The van der Waals surface area contributed by atoms with Crippen molar-refractivity contribution in [2.75, 3.05) is 32.7 Å². The number of methoxy groups -OCH3 is 2. The van der Waals surface area contributed by atoms with E-state index in [0.717, 1.165) is 22.4 Å². The molecule has 0 aliphatic carbocycles. The number of nitrogens with one attached hydrogen (secondary N) is 1. The molecule has 2 amide bonds. The Morgan fingerprint density at radius 2 is 1.91 bits per heavy atom. The van der Waals surface area contributed by atoms with E-state index < -0.39 is 0 Å². The molecule has 0 unspecified atom stereocenters. The number of rotatable bonds is 7. The molecule has 0 atom stereocenters. The van der Waals surface area contributed by atoms with E-state index in [9.17, 15) is 4.79 Å². The van der Waals surface area contributed by atoms with E-state index in [0.29, 0.717) is 55.1 Å². The lowest BCUT2D eigenvalue weighted by atomic mass is 10.1. The molecular weight excluding hydrogens is 456 g/mol. The van der Waals surface area contributed by atoms with E-state index >= 15 is 0 Å². The Labute approximate surface area is 204 Å². The lowest BCUT2D eigenvalue weighted by Gasteiger charge is -2.21. The molecular formula is C26H27ClN2O5. The SMILES string of the molecule is COc1ccc(OC)c(NC(=O)N2CCOc3ccc(COCc4ccccc4Cl)cc3C2)c1. The zero-order valence-corrected chi connectivity index (χ0v) is 19.9. The maximum absolute atomic E-state index is 13.1. The second-order valence-electron chi connectivity index (χ2n) is 7.79. The molecule has 4 rings (SSSR count). The molecule has 3 aromatic rings. The fourth-order valence-corrected chi connectivity index (χ4v) is 3.90. The first kappa shape index (κ1) is 23.7. The minimum atomic E-state index is -0.247. The van der Waals surface area contributed by atoms with Gasteiger partial charge in [-0.25, -0.2) is 4.79 Å². The number of halogens is 1. The van der Waals surface area contributed by atoms with Gasteiger partial charge in [0.1, 0.15) is 23.9 Å². The highest BCUT2D eigenvalue weighted by Gasteiger charge is 2.21. The molecule has 1 aliphatic heterocycles. The molecule has 7 nitrogen and oxygen atoms in total. The van der Waals surface area contributed by atoms with Crippen LogP contribution < -0.4 is 19.5 Å². The van der Waals surface area contributed by atoms with Crippen LogP contribution >= 0.6 is 11.6 Å². The second-order valence-corrected chi connectivity index (χ2v) is 8.20.